The standard InChI is InChI=1S/C23H27FN4O3/c1-28(2)21(29)14-26-22(30)16-6-4-8-19(12-16)27-23(31)17-9-10-20(25-13-17)15-5-3-7-18(24)11-15/h3,5,7,9-11,13,16,19H,4,6,8,12,14H2,1-2H3,(H,26,30)(H,27,31)/t16-,19+/m1/s1. The third-order valence-corrected chi connectivity index (χ3v) is 5.44. The summed E-state index contributed by atoms with van der Waals surface area (Å²) < 4.78 is 13.4. The van der Waals surface area contributed by atoms with E-state index in [1.165, 1.54) is 23.2 Å². The number of rotatable bonds is 6. The monoisotopic (exact) mass is 426 g/mol. The fourth-order valence-corrected chi connectivity index (χ4v) is 3.64. The molecule has 1 fully saturated rings. The van der Waals surface area contributed by atoms with Gasteiger partial charge in [0, 0.05) is 37.8 Å². The summed E-state index contributed by atoms with van der Waals surface area (Å²) >= 11 is 0. The molecule has 0 unspecified atom stereocenters. The molecule has 2 atom stereocenters. The number of carbonyl (C=O) groups excluding carboxylic acids is 3. The smallest absolute Gasteiger partial charge is 0.253 e. The van der Waals surface area contributed by atoms with Crippen molar-refractivity contribution in [3.8, 4) is 11.3 Å². The van der Waals surface area contributed by atoms with Crippen LogP contribution in [0.25, 0.3) is 11.3 Å². The molecule has 0 aliphatic heterocycles. The minimum atomic E-state index is -0.344. The summed E-state index contributed by atoms with van der Waals surface area (Å²) in [5, 5.41) is 5.66. The van der Waals surface area contributed by atoms with Gasteiger partial charge in [-0.3, -0.25) is 19.4 Å². The number of likely N-dealkylation sites (N-methyl/N-ethyl adjacent to an activating group) is 1. The molecule has 1 heterocycles. The number of amides is 3. The third kappa shape index (κ3) is 6.10. The first-order valence-corrected chi connectivity index (χ1v) is 10.3. The second-order valence-corrected chi connectivity index (χ2v) is 7.98. The van der Waals surface area contributed by atoms with Crippen LogP contribution in [0.5, 0.6) is 0 Å². The van der Waals surface area contributed by atoms with Gasteiger partial charge in [-0.15, -0.1) is 0 Å². The zero-order valence-electron chi connectivity index (χ0n) is 17.7. The second-order valence-electron chi connectivity index (χ2n) is 7.98. The van der Waals surface area contributed by atoms with Crippen molar-refractivity contribution < 1.29 is 18.8 Å². The van der Waals surface area contributed by atoms with Gasteiger partial charge >= 0.3 is 0 Å². The number of nitrogens with one attached hydrogen (secondary N) is 2. The van der Waals surface area contributed by atoms with Crippen LogP contribution < -0.4 is 10.6 Å². The van der Waals surface area contributed by atoms with Crippen molar-refractivity contribution in [2.24, 2.45) is 5.92 Å². The number of nitrogens with zero attached hydrogens (tertiary/aromatic N) is 2. The predicted octanol–water partition coefficient (Wildman–Crippen LogP) is 2.38. The van der Waals surface area contributed by atoms with Crippen molar-refractivity contribution in [2.45, 2.75) is 31.7 Å². The van der Waals surface area contributed by atoms with E-state index in [9.17, 15) is 18.8 Å². The lowest BCUT2D eigenvalue weighted by Gasteiger charge is -2.29. The average Bonchev–Trinajstić information content (AvgIpc) is 2.77. The van der Waals surface area contributed by atoms with Gasteiger partial charge < -0.3 is 15.5 Å². The van der Waals surface area contributed by atoms with Crippen LogP contribution in [0.3, 0.4) is 0 Å². The Hall–Kier alpha value is -3.29. The van der Waals surface area contributed by atoms with E-state index in [1.54, 1.807) is 38.4 Å². The highest BCUT2D eigenvalue weighted by Gasteiger charge is 2.28. The quantitative estimate of drug-likeness (QED) is 0.742. The van der Waals surface area contributed by atoms with Crippen molar-refractivity contribution in [1.29, 1.82) is 0 Å². The fraction of sp³-hybridized carbons (Fsp3) is 0.391. The lowest BCUT2D eigenvalue weighted by Crippen LogP contribution is -2.44. The summed E-state index contributed by atoms with van der Waals surface area (Å²) in [6.07, 6.45) is 4.35. The van der Waals surface area contributed by atoms with Crippen molar-refractivity contribution >= 4 is 17.7 Å². The number of benzene rings is 1. The van der Waals surface area contributed by atoms with Crippen LogP contribution in [-0.2, 0) is 9.59 Å². The number of hydrogen-bond acceptors (Lipinski definition) is 4. The van der Waals surface area contributed by atoms with Gasteiger partial charge in [0.25, 0.3) is 5.91 Å². The molecule has 1 aromatic carbocycles. The number of pyridine rings is 1. The first-order valence-electron chi connectivity index (χ1n) is 10.3. The van der Waals surface area contributed by atoms with Crippen LogP contribution in [0.1, 0.15) is 36.0 Å². The van der Waals surface area contributed by atoms with Crippen LogP contribution in [0.15, 0.2) is 42.6 Å². The fourth-order valence-electron chi connectivity index (χ4n) is 3.64. The molecule has 1 aliphatic rings. The topological polar surface area (TPSA) is 91.4 Å². The number of carbonyl (C=O) groups is 3. The largest absolute Gasteiger partial charge is 0.349 e. The normalized spacial score (nSPS) is 18.2. The van der Waals surface area contributed by atoms with E-state index in [2.05, 4.69) is 15.6 Å². The van der Waals surface area contributed by atoms with E-state index in [0.717, 1.165) is 19.3 Å². The summed E-state index contributed by atoms with van der Waals surface area (Å²) in [6, 6.07) is 9.34. The Balaban J connectivity index is 1.55. The van der Waals surface area contributed by atoms with Crippen molar-refractivity contribution in [3.05, 3.63) is 54.0 Å². The molecule has 0 radical (unpaired) electrons. The van der Waals surface area contributed by atoms with Gasteiger partial charge in [-0.05, 0) is 43.5 Å². The molecule has 1 saturated carbocycles. The number of hydrogen-bond donors (Lipinski definition) is 2. The SMILES string of the molecule is CN(C)C(=O)CNC(=O)[C@@H]1CCC[C@H](NC(=O)c2ccc(-c3cccc(F)c3)nc2)C1. The molecule has 1 aromatic heterocycles. The maximum atomic E-state index is 13.4. The molecular formula is C23H27FN4O3. The second kappa shape index (κ2) is 10.1. The van der Waals surface area contributed by atoms with Gasteiger partial charge in [0.15, 0.2) is 0 Å². The zero-order chi connectivity index (χ0) is 22.4. The van der Waals surface area contributed by atoms with Crippen molar-refractivity contribution in [3.63, 3.8) is 0 Å². The Morgan fingerprint density at radius 2 is 1.97 bits per heavy atom. The summed E-state index contributed by atoms with van der Waals surface area (Å²) in [7, 11) is 3.28. The highest BCUT2D eigenvalue weighted by Crippen LogP contribution is 2.25. The molecular weight excluding hydrogens is 399 g/mol. The lowest BCUT2D eigenvalue weighted by molar-refractivity contribution is -0.132. The maximum absolute atomic E-state index is 13.4. The summed E-state index contributed by atoms with van der Waals surface area (Å²) in [5.41, 5.74) is 1.63. The van der Waals surface area contributed by atoms with Crippen LogP contribution in [-0.4, -0.2) is 54.3 Å². The molecule has 0 bridgehead atoms. The lowest BCUT2D eigenvalue weighted by atomic mass is 9.85. The van der Waals surface area contributed by atoms with Crippen LogP contribution >= 0.6 is 0 Å². The Kier molecular flexibility index (Phi) is 7.33. The Bertz CT molecular complexity index is 946. The molecule has 2 aromatic rings. The van der Waals surface area contributed by atoms with Crippen molar-refractivity contribution in [1.82, 2.24) is 20.5 Å². The molecule has 0 spiro atoms. The average molecular weight is 426 g/mol. The Labute approximate surface area is 181 Å². The number of aromatic nitrogens is 1. The molecule has 31 heavy (non-hydrogen) atoms. The molecule has 0 saturated heterocycles. The Morgan fingerprint density at radius 3 is 2.65 bits per heavy atom. The van der Waals surface area contributed by atoms with Gasteiger partial charge in [0.05, 0.1) is 17.8 Å². The van der Waals surface area contributed by atoms with E-state index in [1.807, 2.05) is 0 Å². The molecule has 1 aliphatic carbocycles. The first-order chi connectivity index (χ1) is 14.8. The van der Waals surface area contributed by atoms with E-state index >= 15 is 0 Å². The highest BCUT2D eigenvalue weighted by molar-refractivity contribution is 5.94. The minimum Gasteiger partial charge on any atom is -0.349 e. The summed E-state index contributed by atoms with van der Waals surface area (Å²) in [5.74, 6) is -1.16. The van der Waals surface area contributed by atoms with Crippen LogP contribution in [0.4, 0.5) is 4.39 Å². The highest BCUT2D eigenvalue weighted by atomic mass is 19.1. The Morgan fingerprint density at radius 1 is 1.16 bits per heavy atom. The summed E-state index contributed by atoms with van der Waals surface area (Å²) in [6.45, 7) is -0.0251. The minimum absolute atomic E-state index is 0.0251. The van der Waals surface area contributed by atoms with Gasteiger partial charge in [-0.25, -0.2) is 4.39 Å². The first kappa shape index (κ1) is 22.4. The molecule has 8 heteroatoms. The van der Waals surface area contributed by atoms with Crippen molar-refractivity contribution in [2.75, 3.05) is 20.6 Å². The van der Waals surface area contributed by atoms with E-state index in [4.69, 9.17) is 0 Å². The van der Waals surface area contributed by atoms with Gasteiger partial charge in [0.1, 0.15) is 5.82 Å². The molecule has 164 valence electrons. The van der Waals surface area contributed by atoms with E-state index in [-0.39, 0.29) is 42.0 Å². The number of halogens is 1. The molecule has 3 rings (SSSR count). The predicted molar refractivity (Wildman–Crippen MR) is 115 cm³/mol. The van der Waals surface area contributed by atoms with Gasteiger partial charge in [0.2, 0.25) is 11.8 Å². The molecule has 2 N–H and O–H groups in total. The summed E-state index contributed by atoms with van der Waals surface area (Å²) in [4.78, 5) is 42.4. The third-order valence-electron chi connectivity index (χ3n) is 5.44. The molecule has 7 nitrogen and oxygen atoms in total. The van der Waals surface area contributed by atoms with E-state index in [0.29, 0.717) is 23.2 Å². The van der Waals surface area contributed by atoms with Gasteiger partial charge in [-0.1, -0.05) is 18.6 Å². The van der Waals surface area contributed by atoms with Crippen LogP contribution in [0, 0.1) is 11.7 Å². The maximum Gasteiger partial charge on any atom is 0.253 e. The van der Waals surface area contributed by atoms with E-state index < -0.39 is 0 Å². The molecule has 3 amide bonds. The van der Waals surface area contributed by atoms with Crippen LogP contribution in [0.2, 0.25) is 0 Å². The zero-order valence-corrected chi connectivity index (χ0v) is 17.7. The van der Waals surface area contributed by atoms with Gasteiger partial charge in [-0.2, -0.15) is 0 Å².